The Hall–Kier alpha value is -2.25. The Labute approximate surface area is 175 Å². The van der Waals surface area contributed by atoms with Crippen molar-refractivity contribution in [3.63, 3.8) is 0 Å². The molecule has 1 N–H and O–H groups in total. The van der Waals surface area contributed by atoms with Crippen LogP contribution in [0.1, 0.15) is 17.5 Å². The molecule has 0 spiro atoms. The summed E-state index contributed by atoms with van der Waals surface area (Å²) in [6, 6.07) is 12.1. The number of hydrogen-bond donors (Lipinski definition) is 1. The molecule has 2 rings (SSSR count). The summed E-state index contributed by atoms with van der Waals surface area (Å²) >= 11 is 0. The van der Waals surface area contributed by atoms with E-state index in [-0.39, 0.29) is 36.2 Å². The molecule has 0 saturated carbocycles. The second-order valence-electron chi connectivity index (χ2n) is 6.71. The van der Waals surface area contributed by atoms with Gasteiger partial charge in [0, 0.05) is 19.7 Å². The van der Waals surface area contributed by atoms with Gasteiger partial charge in [0.2, 0.25) is 5.91 Å². The van der Waals surface area contributed by atoms with E-state index in [4.69, 9.17) is 4.74 Å². The van der Waals surface area contributed by atoms with Gasteiger partial charge in [0.15, 0.2) is 0 Å². The van der Waals surface area contributed by atoms with Crippen LogP contribution >= 0.6 is 12.4 Å². The summed E-state index contributed by atoms with van der Waals surface area (Å²) < 4.78 is 47.4. The molecule has 8 heteroatoms. The fourth-order valence-electron chi connectivity index (χ4n) is 2.56. The van der Waals surface area contributed by atoms with Crippen LogP contribution in [0.4, 0.5) is 13.2 Å². The smallest absolute Gasteiger partial charge is 0.285 e. The summed E-state index contributed by atoms with van der Waals surface area (Å²) in [6.07, 6.45) is 1.27. The average Bonchev–Trinajstić information content (AvgIpc) is 2.65. The molecule has 0 atom stereocenters. The van der Waals surface area contributed by atoms with Crippen LogP contribution in [0.5, 0.6) is 5.75 Å². The van der Waals surface area contributed by atoms with Gasteiger partial charge in [0.05, 0.1) is 19.7 Å². The van der Waals surface area contributed by atoms with E-state index in [1.807, 2.05) is 6.07 Å². The lowest BCUT2D eigenvalue weighted by atomic mass is 10.1. The Morgan fingerprint density at radius 1 is 1.14 bits per heavy atom. The Morgan fingerprint density at radius 2 is 1.86 bits per heavy atom. The minimum Gasteiger partial charge on any atom is -0.494 e. The summed E-state index contributed by atoms with van der Waals surface area (Å²) in [5.41, 5.74) is 0.683. The van der Waals surface area contributed by atoms with Crippen LogP contribution < -0.4 is 10.1 Å². The highest BCUT2D eigenvalue weighted by Gasteiger charge is 2.31. The molecular weight excluding hydrogens is 405 g/mol. The average molecular weight is 431 g/mol. The summed E-state index contributed by atoms with van der Waals surface area (Å²) in [5, 5.41) is 2.49. The number of aryl methyl sites for hydroxylation is 1. The van der Waals surface area contributed by atoms with Crippen molar-refractivity contribution in [2.45, 2.75) is 18.8 Å². The molecule has 0 saturated heterocycles. The lowest BCUT2D eigenvalue weighted by Gasteiger charge is -2.19. The molecule has 29 heavy (non-hydrogen) atoms. The maximum atomic E-state index is 14.4. The summed E-state index contributed by atoms with van der Waals surface area (Å²) in [4.78, 5) is 12.8. The van der Waals surface area contributed by atoms with Crippen LogP contribution in [0.3, 0.4) is 0 Å². The first-order chi connectivity index (χ1) is 13.3. The second-order valence-corrected chi connectivity index (χ2v) is 6.71. The molecule has 0 aliphatic carbocycles. The van der Waals surface area contributed by atoms with Crippen LogP contribution in [-0.2, 0) is 17.1 Å². The molecule has 0 fully saturated rings. The molecule has 0 radical (unpaired) electrons. The van der Waals surface area contributed by atoms with Gasteiger partial charge in [0.25, 0.3) is 5.92 Å². The van der Waals surface area contributed by atoms with Gasteiger partial charge in [-0.3, -0.25) is 4.79 Å². The maximum Gasteiger partial charge on any atom is 0.285 e. The van der Waals surface area contributed by atoms with E-state index in [9.17, 15) is 18.0 Å². The number of amides is 1. The molecule has 0 aliphatic heterocycles. The standard InChI is InChI=1S/C21H25F3N2O2.ClH/c1-26(2)20(27)14-25-15-21(23,24)17-8-4-10-19(13-17)28-11-5-7-16-6-3-9-18(22)12-16;/h3-4,6,8-10,12-13,25H,5,7,11,14-15H2,1-2H3;1H. The molecule has 0 heterocycles. The first-order valence-corrected chi connectivity index (χ1v) is 9.04. The van der Waals surface area contributed by atoms with Gasteiger partial charge in [-0.05, 0) is 42.7 Å². The lowest BCUT2D eigenvalue weighted by Crippen LogP contribution is -2.38. The summed E-state index contributed by atoms with van der Waals surface area (Å²) in [5.74, 6) is -3.34. The lowest BCUT2D eigenvalue weighted by molar-refractivity contribution is -0.128. The Bertz CT molecular complexity index is 788. The van der Waals surface area contributed by atoms with Crippen molar-refractivity contribution in [1.82, 2.24) is 10.2 Å². The molecular formula is C21H26ClF3N2O2. The van der Waals surface area contributed by atoms with E-state index in [1.54, 1.807) is 26.2 Å². The summed E-state index contributed by atoms with van der Waals surface area (Å²) in [7, 11) is 3.13. The van der Waals surface area contributed by atoms with Gasteiger partial charge in [-0.2, -0.15) is 8.78 Å². The Kier molecular flexibility index (Phi) is 9.98. The number of carbonyl (C=O) groups is 1. The zero-order valence-electron chi connectivity index (χ0n) is 16.5. The van der Waals surface area contributed by atoms with Crippen molar-refractivity contribution in [3.8, 4) is 5.75 Å². The topological polar surface area (TPSA) is 41.6 Å². The molecule has 4 nitrogen and oxygen atoms in total. The molecule has 0 aliphatic rings. The number of rotatable bonds is 10. The number of ether oxygens (including phenoxy) is 1. The largest absolute Gasteiger partial charge is 0.494 e. The van der Waals surface area contributed by atoms with Crippen molar-refractivity contribution in [2.24, 2.45) is 0 Å². The van der Waals surface area contributed by atoms with E-state index in [1.165, 1.54) is 35.2 Å². The number of halogens is 4. The zero-order chi connectivity index (χ0) is 20.6. The number of hydrogen-bond acceptors (Lipinski definition) is 3. The number of carbonyl (C=O) groups excluding carboxylic acids is 1. The van der Waals surface area contributed by atoms with Crippen molar-refractivity contribution in [3.05, 3.63) is 65.5 Å². The van der Waals surface area contributed by atoms with Gasteiger partial charge < -0.3 is 15.0 Å². The van der Waals surface area contributed by atoms with Gasteiger partial charge in [-0.1, -0.05) is 24.3 Å². The molecule has 0 unspecified atom stereocenters. The normalized spacial score (nSPS) is 10.9. The van der Waals surface area contributed by atoms with E-state index in [2.05, 4.69) is 5.32 Å². The molecule has 160 valence electrons. The predicted molar refractivity (Wildman–Crippen MR) is 109 cm³/mol. The van der Waals surface area contributed by atoms with Crippen molar-refractivity contribution in [1.29, 1.82) is 0 Å². The van der Waals surface area contributed by atoms with Gasteiger partial charge in [-0.15, -0.1) is 12.4 Å². The van der Waals surface area contributed by atoms with Crippen LogP contribution in [-0.4, -0.2) is 44.6 Å². The van der Waals surface area contributed by atoms with E-state index < -0.39 is 12.5 Å². The van der Waals surface area contributed by atoms with Crippen molar-refractivity contribution >= 4 is 18.3 Å². The highest BCUT2D eigenvalue weighted by atomic mass is 35.5. The molecule has 1 amide bonds. The van der Waals surface area contributed by atoms with E-state index in [0.717, 1.165) is 5.56 Å². The SMILES string of the molecule is CN(C)C(=O)CNCC(F)(F)c1cccc(OCCCc2cccc(F)c2)c1.Cl. The predicted octanol–water partition coefficient (Wildman–Crippen LogP) is 4.03. The van der Waals surface area contributed by atoms with Crippen LogP contribution in [0.25, 0.3) is 0 Å². The number of alkyl halides is 2. The fraction of sp³-hybridized carbons (Fsp3) is 0.381. The quantitative estimate of drug-likeness (QED) is 0.579. The number of nitrogens with zero attached hydrogens (tertiary/aromatic N) is 1. The van der Waals surface area contributed by atoms with E-state index >= 15 is 0 Å². The zero-order valence-corrected chi connectivity index (χ0v) is 17.3. The fourth-order valence-corrected chi connectivity index (χ4v) is 2.56. The van der Waals surface area contributed by atoms with Crippen molar-refractivity contribution < 1.29 is 22.7 Å². The van der Waals surface area contributed by atoms with Crippen LogP contribution in [0, 0.1) is 5.82 Å². The third-order valence-electron chi connectivity index (χ3n) is 4.15. The molecule has 0 aromatic heterocycles. The minimum absolute atomic E-state index is 0. The molecule has 2 aromatic carbocycles. The first-order valence-electron chi connectivity index (χ1n) is 9.04. The Morgan fingerprint density at radius 3 is 2.55 bits per heavy atom. The summed E-state index contributed by atoms with van der Waals surface area (Å²) in [6.45, 7) is -0.463. The van der Waals surface area contributed by atoms with Gasteiger partial charge >= 0.3 is 0 Å². The van der Waals surface area contributed by atoms with E-state index in [0.29, 0.717) is 25.2 Å². The molecule has 2 aromatic rings. The Balaban J connectivity index is 0.00000420. The third-order valence-corrected chi connectivity index (χ3v) is 4.15. The van der Waals surface area contributed by atoms with Crippen LogP contribution in [0.15, 0.2) is 48.5 Å². The highest BCUT2D eigenvalue weighted by Crippen LogP contribution is 2.29. The number of benzene rings is 2. The monoisotopic (exact) mass is 430 g/mol. The minimum atomic E-state index is -3.13. The van der Waals surface area contributed by atoms with Crippen LogP contribution in [0.2, 0.25) is 0 Å². The van der Waals surface area contributed by atoms with Gasteiger partial charge in [-0.25, -0.2) is 4.39 Å². The number of likely N-dealkylation sites (N-methyl/N-ethyl adjacent to an activating group) is 1. The highest BCUT2D eigenvalue weighted by molar-refractivity contribution is 5.85. The molecule has 0 bridgehead atoms. The first kappa shape index (κ1) is 24.8. The maximum absolute atomic E-state index is 14.4. The second kappa shape index (κ2) is 11.7. The van der Waals surface area contributed by atoms with Gasteiger partial charge in [0.1, 0.15) is 11.6 Å². The number of nitrogens with one attached hydrogen (secondary N) is 1. The van der Waals surface area contributed by atoms with Crippen molar-refractivity contribution in [2.75, 3.05) is 33.8 Å². The third kappa shape index (κ3) is 8.33.